The zero-order chi connectivity index (χ0) is 11.1. The van der Waals surface area contributed by atoms with E-state index in [1.807, 2.05) is 0 Å². The van der Waals surface area contributed by atoms with E-state index in [2.05, 4.69) is 11.5 Å². The maximum Gasteiger partial charge on any atom is 0.106 e. The molecule has 1 fully saturated rings. The fourth-order valence-corrected chi connectivity index (χ4v) is 3.32. The van der Waals surface area contributed by atoms with Gasteiger partial charge in [0, 0.05) is 30.6 Å². The first-order valence-corrected chi connectivity index (χ1v) is 6.57. The molecule has 1 unspecified atom stereocenters. The van der Waals surface area contributed by atoms with Crippen molar-refractivity contribution >= 4 is 0 Å². The Labute approximate surface area is 97.0 Å². The van der Waals surface area contributed by atoms with Crippen LogP contribution in [0.1, 0.15) is 55.2 Å². The van der Waals surface area contributed by atoms with Crippen molar-refractivity contribution in [2.75, 3.05) is 0 Å². The first-order valence-electron chi connectivity index (χ1n) is 6.57. The van der Waals surface area contributed by atoms with Crippen LogP contribution in [0.3, 0.4) is 0 Å². The van der Waals surface area contributed by atoms with Crippen LogP contribution in [0.5, 0.6) is 0 Å². The molecular weight excluding hydrogens is 198 g/mol. The van der Waals surface area contributed by atoms with Gasteiger partial charge in [-0.2, -0.15) is 0 Å². The van der Waals surface area contributed by atoms with Gasteiger partial charge in [0.2, 0.25) is 0 Å². The Morgan fingerprint density at radius 1 is 1.25 bits per heavy atom. The predicted molar refractivity (Wildman–Crippen MR) is 64.5 cm³/mol. The molecule has 2 heterocycles. The van der Waals surface area contributed by atoms with Crippen LogP contribution in [-0.4, -0.2) is 15.6 Å². The third kappa shape index (κ3) is 1.58. The summed E-state index contributed by atoms with van der Waals surface area (Å²) in [6, 6.07) is 0.351. The molecule has 0 saturated heterocycles. The van der Waals surface area contributed by atoms with E-state index >= 15 is 0 Å². The van der Waals surface area contributed by atoms with Gasteiger partial charge < -0.3 is 10.3 Å². The van der Waals surface area contributed by atoms with Crippen LogP contribution in [0.15, 0.2) is 0 Å². The average Bonchev–Trinajstić information content (AvgIpc) is 2.86. The highest BCUT2D eigenvalue weighted by atomic mass is 15.1. The van der Waals surface area contributed by atoms with Crippen molar-refractivity contribution in [2.45, 2.75) is 64.0 Å². The number of aromatic nitrogens is 2. The standard InChI is InChI=1S/C13H21N3/c1-9-15-13(10-4-2-3-5-10)12-8-11(14)6-7-16(9)12/h10-11H,2-8,14H2,1H3. The Bertz CT molecular complexity index is 388. The first kappa shape index (κ1) is 10.3. The number of rotatable bonds is 1. The van der Waals surface area contributed by atoms with Crippen LogP contribution in [0.4, 0.5) is 0 Å². The number of hydrogen-bond acceptors (Lipinski definition) is 2. The zero-order valence-corrected chi connectivity index (χ0v) is 10.1. The maximum atomic E-state index is 6.09. The molecule has 1 aliphatic carbocycles. The van der Waals surface area contributed by atoms with Gasteiger partial charge in [-0.3, -0.25) is 0 Å². The molecule has 3 heteroatoms. The van der Waals surface area contributed by atoms with Crippen LogP contribution in [0.2, 0.25) is 0 Å². The summed E-state index contributed by atoms with van der Waals surface area (Å²) in [5, 5.41) is 0. The summed E-state index contributed by atoms with van der Waals surface area (Å²) >= 11 is 0. The average molecular weight is 219 g/mol. The van der Waals surface area contributed by atoms with Crippen molar-refractivity contribution in [3.8, 4) is 0 Å². The molecular formula is C13H21N3. The summed E-state index contributed by atoms with van der Waals surface area (Å²) in [6.45, 7) is 3.21. The Balaban J connectivity index is 1.98. The van der Waals surface area contributed by atoms with Crippen molar-refractivity contribution in [3.05, 3.63) is 17.2 Å². The second-order valence-corrected chi connectivity index (χ2v) is 5.38. The molecule has 88 valence electrons. The molecule has 16 heavy (non-hydrogen) atoms. The number of nitrogens with zero attached hydrogens (tertiary/aromatic N) is 2. The fourth-order valence-electron chi connectivity index (χ4n) is 3.32. The second-order valence-electron chi connectivity index (χ2n) is 5.38. The molecule has 0 aromatic carbocycles. The predicted octanol–water partition coefficient (Wildman–Crippen LogP) is 2.12. The van der Waals surface area contributed by atoms with E-state index < -0.39 is 0 Å². The van der Waals surface area contributed by atoms with Gasteiger partial charge in [0.1, 0.15) is 5.82 Å². The largest absolute Gasteiger partial charge is 0.332 e. The smallest absolute Gasteiger partial charge is 0.106 e. The van der Waals surface area contributed by atoms with Gasteiger partial charge in [-0.25, -0.2) is 4.98 Å². The summed E-state index contributed by atoms with van der Waals surface area (Å²) in [5.41, 5.74) is 8.91. The fraction of sp³-hybridized carbons (Fsp3) is 0.769. The minimum atomic E-state index is 0.351. The molecule has 0 bridgehead atoms. The van der Waals surface area contributed by atoms with Crippen molar-refractivity contribution in [1.82, 2.24) is 9.55 Å². The number of nitrogens with two attached hydrogens (primary N) is 1. The number of aryl methyl sites for hydroxylation is 1. The molecule has 0 radical (unpaired) electrons. The van der Waals surface area contributed by atoms with E-state index in [0.717, 1.165) is 25.3 Å². The molecule has 2 aliphatic rings. The number of fused-ring (bicyclic) bond motifs is 1. The van der Waals surface area contributed by atoms with E-state index in [0.29, 0.717) is 6.04 Å². The molecule has 0 amide bonds. The van der Waals surface area contributed by atoms with Crippen LogP contribution < -0.4 is 5.73 Å². The van der Waals surface area contributed by atoms with Crippen molar-refractivity contribution < 1.29 is 0 Å². The van der Waals surface area contributed by atoms with Crippen LogP contribution >= 0.6 is 0 Å². The van der Waals surface area contributed by atoms with E-state index in [-0.39, 0.29) is 0 Å². The summed E-state index contributed by atoms with van der Waals surface area (Å²) < 4.78 is 2.40. The van der Waals surface area contributed by atoms with Gasteiger partial charge in [-0.05, 0) is 26.2 Å². The maximum absolute atomic E-state index is 6.09. The minimum Gasteiger partial charge on any atom is -0.332 e. The highest BCUT2D eigenvalue weighted by molar-refractivity contribution is 5.24. The molecule has 1 aromatic heterocycles. The molecule has 1 aliphatic heterocycles. The monoisotopic (exact) mass is 219 g/mol. The van der Waals surface area contributed by atoms with Crippen molar-refractivity contribution in [2.24, 2.45) is 5.73 Å². The van der Waals surface area contributed by atoms with Gasteiger partial charge >= 0.3 is 0 Å². The van der Waals surface area contributed by atoms with E-state index in [1.54, 1.807) is 0 Å². The number of hydrogen-bond donors (Lipinski definition) is 1. The van der Waals surface area contributed by atoms with E-state index in [4.69, 9.17) is 10.7 Å². The van der Waals surface area contributed by atoms with Crippen LogP contribution in [-0.2, 0) is 13.0 Å². The lowest BCUT2D eigenvalue weighted by molar-refractivity contribution is 0.460. The highest BCUT2D eigenvalue weighted by Crippen LogP contribution is 2.36. The molecule has 3 nitrogen and oxygen atoms in total. The molecule has 0 spiro atoms. The topological polar surface area (TPSA) is 43.8 Å². The second kappa shape index (κ2) is 3.88. The zero-order valence-electron chi connectivity index (χ0n) is 10.1. The quantitative estimate of drug-likeness (QED) is 0.786. The van der Waals surface area contributed by atoms with Crippen molar-refractivity contribution in [1.29, 1.82) is 0 Å². The Morgan fingerprint density at radius 3 is 2.75 bits per heavy atom. The molecule has 1 saturated carbocycles. The Hall–Kier alpha value is -0.830. The lowest BCUT2D eigenvalue weighted by Crippen LogP contribution is -2.31. The Morgan fingerprint density at radius 2 is 2.00 bits per heavy atom. The lowest BCUT2D eigenvalue weighted by Gasteiger charge is -2.23. The summed E-state index contributed by atoms with van der Waals surface area (Å²) in [5.74, 6) is 1.92. The minimum absolute atomic E-state index is 0.351. The molecule has 1 atom stereocenters. The third-order valence-corrected chi connectivity index (χ3v) is 4.22. The SMILES string of the molecule is Cc1nc(C2CCCC2)c2n1CCC(N)C2. The third-order valence-electron chi connectivity index (χ3n) is 4.22. The van der Waals surface area contributed by atoms with Gasteiger partial charge in [0.05, 0.1) is 5.69 Å². The van der Waals surface area contributed by atoms with Crippen molar-refractivity contribution in [3.63, 3.8) is 0 Å². The van der Waals surface area contributed by atoms with E-state index in [9.17, 15) is 0 Å². The summed E-state index contributed by atoms with van der Waals surface area (Å²) in [6.07, 6.45) is 7.56. The highest BCUT2D eigenvalue weighted by Gasteiger charge is 2.28. The van der Waals surface area contributed by atoms with Gasteiger partial charge in [-0.15, -0.1) is 0 Å². The number of imidazole rings is 1. The first-order chi connectivity index (χ1) is 7.75. The molecule has 1 aromatic rings. The van der Waals surface area contributed by atoms with Gasteiger partial charge in [0.15, 0.2) is 0 Å². The van der Waals surface area contributed by atoms with Crippen LogP contribution in [0.25, 0.3) is 0 Å². The summed E-state index contributed by atoms with van der Waals surface area (Å²) in [4.78, 5) is 4.82. The molecule has 2 N–H and O–H groups in total. The van der Waals surface area contributed by atoms with Gasteiger partial charge in [0.25, 0.3) is 0 Å². The van der Waals surface area contributed by atoms with Crippen LogP contribution in [0, 0.1) is 6.92 Å². The molecule has 3 rings (SSSR count). The Kier molecular flexibility index (Phi) is 2.51. The van der Waals surface area contributed by atoms with Gasteiger partial charge in [-0.1, -0.05) is 12.8 Å². The van der Waals surface area contributed by atoms with E-state index in [1.165, 1.54) is 42.9 Å². The lowest BCUT2D eigenvalue weighted by atomic mass is 9.96. The summed E-state index contributed by atoms with van der Waals surface area (Å²) in [7, 11) is 0. The normalized spacial score (nSPS) is 26.0.